The zero-order valence-corrected chi connectivity index (χ0v) is 15.3. The minimum Gasteiger partial charge on any atom is -0.445 e. The van der Waals surface area contributed by atoms with E-state index in [1.54, 1.807) is 12.1 Å². The van der Waals surface area contributed by atoms with Crippen molar-refractivity contribution < 1.29 is 14.5 Å². The number of rotatable bonds is 6. The first-order chi connectivity index (χ1) is 12.9. The Bertz CT molecular complexity index is 969. The van der Waals surface area contributed by atoms with Crippen LogP contribution in [0.25, 0.3) is 10.9 Å². The number of aromatic amines is 1. The van der Waals surface area contributed by atoms with Crippen molar-refractivity contribution in [3.63, 3.8) is 0 Å². The molecule has 2 N–H and O–H groups in total. The Hall–Kier alpha value is -3.06. The van der Waals surface area contributed by atoms with E-state index in [0.717, 1.165) is 16.5 Å². The molecular formula is C19H18ClN3O4. The van der Waals surface area contributed by atoms with Gasteiger partial charge in [0.2, 0.25) is 0 Å². The Labute approximate surface area is 160 Å². The molecule has 1 amide bonds. The molecule has 0 saturated heterocycles. The first-order valence-electron chi connectivity index (χ1n) is 8.34. The average molecular weight is 388 g/mol. The van der Waals surface area contributed by atoms with Crippen LogP contribution >= 0.6 is 11.6 Å². The van der Waals surface area contributed by atoms with Crippen molar-refractivity contribution in [2.24, 2.45) is 0 Å². The molecule has 27 heavy (non-hydrogen) atoms. The van der Waals surface area contributed by atoms with E-state index in [0.29, 0.717) is 17.1 Å². The van der Waals surface area contributed by atoms with Gasteiger partial charge in [-0.15, -0.1) is 0 Å². The lowest BCUT2D eigenvalue weighted by atomic mass is 10.0. The predicted molar refractivity (Wildman–Crippen MR) is 103 cm³/mol. The summed E-state index contributed by atoms with van der Waals surface area (Å²) in [5, 5.41) is 15.0. The molecule has 3 aromatic rings. The molecule has 0 aliphatic rings. The Morgan fingerprint density at radius 1 is 1.30 bits per heavy atom. The molecule has 1 atom stereocenters. The third kappa shape index (κ3) is 4.57. The Kier molecular flexibility index (Phi) is 5.61. The summed E-state index contributed by atoms with van der Waals surface area (Å²) in [5.41, 5.74) is 2.72. The normalized spacial score (nSPS) is 11.9. The number of aromatic nitrogens is 1. The number of H-pyrrole nitrogens is 1. The molecule has 0 aliphatic carbocycles. The predicted octanol–water partition coefficient (Wildman–Crippen LogP) is 4.76. The van der Waals surface area contributed by atoms with E-state index in [1.165, 1.54) is 12.1 Å². The molecule has 0 aliphatic heterocycles. The maximum Gasteiger partial charge on any atom is 0.407 e. The number of ether oxygens (including phenoxy) is 1. The Balaban J connectivity index is 1.52. The van der Waals surface area contributed by atoms with E-state index < -0.39 is 11.0 Å². The number of nitrogens with one attached hydrogen (secondary N) is 2. The number of benzene rings is 2. The Morgan fingerprint density at radius 3 is 2.74 bits per heavy atom. The van der Waals surface area contributed by atoms with Crippen LogP contribution in [-0.4, -0.2) is 22.5 Å². The van der Waals surface area contributed by atoms with Crippen molar-refractivity contribution in [1.29, 1.82) is 0 Å². The highest BCUT2D eigenvalue weighted by Gasteiger charge is 2.13. The topological polar surface area (TPSA) is 97.3 Å². The Morgan fingerprint density at radius 2 is 2.04 bits per heavy atom. The summed E-state index contributed by atoms with van der Waals surface area (Å²) in [7, 11) is 0. The van der Waals surface area contributed by atoms with Gasteiger partial charge in [0.05, 0.1) is 4.92 Å². The van der Waals surface area contributed by atoms with Crippen LogP contribution in [0.5, 0.6) is 0 Å². The standard InChI is InChI=1S/C19H18ClN3O4/c1-12(17-10-21-18-7-4-14(20)8-16(17)18)9-22-19(24)27-11-13-2-5-15(6-3-13)23(25)26/h2-8,10,12,21H,9,11H2,1H3,(H,22,24)/t12-/m1/s1. The van der Waals surface area contributed by atoms with Gasteiger partial charge in [-0.05, 0) is 41.5 Å². The number of carbonyl (C=O) groups is 1. The molecule has 0 bridgehead atoms. The second-order valence-electron chi connectivity index (χ2n) is 6.22. The number of carbonyl (C=O) groups excluding carboxylic acids is 1. The van der Waals surface area contributed by atoms with Gasteiger partial charge >= 0.3 is 6.09 Å². The van der Waals surface area contributed by atoms with E-state index >= 15 is 0 Å². The van der Waals surface area contributed by atoms with Crippen molar-refractivity contribution in [2.75, 3.05) is 6.54 Å². The van der Waals surface area contributed by atoms with Crippen molar-refractivity contribution in [1.82, 2.24) is 10.3 Å². The van der Waals surface area contributed by atoms with Crippen LogP contribution in [0, 0.1) is 10.1 Å². The quantitative estimate of drug-likeness (QED) is 0.470. The van der Waals surface area contributed by atoms with Crippen molar-refractivity contribution in [2.45, 2.75) is 19.4 Å². The van der Waals surface area contributed by atoms with Crippen molar-refractivity contribution in [3.8, 4) is 0 Å². The molecule has 1 aromatic heterocycles. The van der Waals surface area contributed by atoms with Crippen LogP contribution in [0.1, 0.15) is 24.0 Å². The maximum absolute atomic E-state index is 11.9. The van der Waals surface area contributed by atoms with E-state index in [2.05, 4.69) is 10.3 Å². The summed E-state index contributed by atoms with van der Waals surface area (Å²) >= 11 is 6.07. The fourth-order valence-electron chi connectivity index (χ4n) is 2.78. The number of nitrogens with zero attached hydrogens (tertiary/aromatic N) is 1. The summed E-state index contributed by atoms with van der Waals surface area (Å²) in [6.45, 7) is 2.44. The van der Waals surface area contributed by atoms with Crippen LogP contribution in [0.2, 0.25) is 5.02 Å². The number of alkyl carbamates (subject to hydrolysis) is 1. The first kappa shape index (κ1) is 18.7. The highest BCUT2D eigenvalue weighted by atomic mass is 35.5. The number of nitro groups is 1. The summed E-state index contributed by atoms with van der Waals surface area (Å²) in [5.74, 6) is 0.0594. The van der Waals surface area contributed by atoms with Crippen molar-refractivity contribution >= 4 is 34.3 Å². The molecular weight excluding hydrogens is 370 g/mol. The van der Waals surface area contributed by atoms with Gasteiger partial charge in [0.25, 0.3) is 5.69 Å². The van der Waals surface area contributed by atoms with Gasteiger partial charge in [-0.3, -0.25) is 10.1 Å². The summed E-state index contributed by atoms with van der Waals surface area (Å²) in [6.07, 6.45) is 1.37. The number of non-ortho nitro benzene ring substituents is 1. The van der Waals surface area contributed by atoms with E-state index in [9.17, 15) is 14.9 Å². The molecule has 7 nitrogen and oxygen atoms in total. The van der Waals surface area contributed by atoms with Gasteiger partial charge in [-0.2, -0.15) is 0 Å². The highest BCUT2D eigenvalue weighted by molar-refractivity contribution is 6.31. The largest absolute Gasteiger partial charge is 0.445 e. The summed E-state index contributed by atoms with van der Waals surface area (Å²) in [4.78, 5) is 25.3. The molecule has 0 unspecified atom stereocenters. The zero-order valence-electron chi connectivity index (χ0n) is 14.6. The van der Waals surface area contributed by atoms with Gasteiger partial charge in [0.15, 0.2) is 0 Å². The van der Waals surface area contributed by atoms with Crippen LogP contribution in [0.4, 0.5) is 10.5 Å². The SMILES string of the molecule is C[C@H](CNC(=O)OCc1ccc([N+](=O)[O-])cc1)c1c[nH]c2ccc(Cl)cc12. The van der Waals surface area contributed by atoms with Gasteiger partial charge in [0, 0.05) is 46.7 Å². The lowest BCUT2D eigenvalue weighted by Gasteiger charge is -2.12. The van der Waals surface area contributed by atoms with Crippen LogP contribution in [0.15, 0.2) is 48.7 Å². The summed E-state index contributed by atoms with van der Waals surface area (Å²) < 4.78 is 5.15. The minimum atomic E-state index is -0.543. The zero-order chi connectivity index (χ0) is 19.4. The van der Waals surface area contributed by atoms with E-state index in [4.69, 9.17) is 16.3 Å². The molecule has 0 fully saturated rings. The number of hydrogen-bond donors (Lipinski definition) is 2. The molecule has 0 saturated carbocycles. The van der Waals surface area contributed by atoms with Crippen LogP contribution in [-0.2, 0) is 11.3 Å². The number of hydrogen-bond acceptors (Lipinski definition) is 4. The molecule has 2 aromatic carbocycles. The number of amides is 1. The lowest BCUT2D eigenvalue weighted by Crippen LogP contribution is -2.28. The van der Waals surface area contributed by atoms with E-state index in [1.807, 2.05) is 31.3 Å². The van der Waals surface area contributed by atoms with Gasteiger partial charge in [-0.25, -0.2) is 4.79 Å². The van der Waals surface area contributed by atoms with Gasteiger partial charge < -0.3 is 15.0 Å². The van der Waals surface area contributed by atoms with Crippen LogP contribution in [0.3, 0.4) is 0 Å². The fraction of sp³-hybridized carbons (Fsp3) is 0.211. The molecule has 0 radical (unpaired) electrons. The van der Waals surface area contributed by atoms with Crippen LogP contribution < -0.4 is 5.32 Å². The number of nitro benzene ring substituents is 1. The first-order valence-corrected chi connectivity index (χ1v) is 8.72. The van der Waals surface area contributed by atoms with E-state index in [-0.39, 0.29) is 18.2 Å². The third-order valence-electron chi connectivity index (χ3n) is 4.28. The molecule has 8 heteroatoms. The highest BCUT2D eigenvalue weighted by Crippen LogP contribution is 2.27. The average Bonchev–Trinajstić information content (AvgIpc) is 3.07. The van der Waals surface area contributed by atoms with Crippen molar-refractivity contribution in [3.05, 3.63) is 74.9 Å². The number of fused-ring (bicyclic) bond motifs is 1. The molecule has 140 valence electrons. The second-order valence-corrected chi connectivity index (χ2v) is 6.65. The fourth-order valence-corrected chi connectivity index (χ4v) is 2.95. The minimum absolute atomic E-state index is 0.00383. The monoisotopic (exact) mass is 387 g/mol. The second kappa shape index (κ2) is 8.09. The lowest BCUT2D eigenvalue weighted by molar-refractivity contribution is -0.384. The van der Waals surface area contributed by atoms with Gasteiger partial charge in [0.1, 0.15) is 6.61 Å². The molecule has 3 rings (SSSR count). The third-order valence-corrected chi connectivity index (χ3v) is 4.51. The maximum atomic E-state index is 11.9. The summed E-state index contributed by atoms with van der Waals surface area (Å²) in [6, 6.07) is 11.5. The number of halogens is 1. The van der Waals surface area contributed by atoms with Gasteiger partial charge in [-0.1, -0.05) is 18.5 Å². The smallest absolute Gasteiger partial charge is 0.407 e. The molecule has 1 heterocycles. The molecule has 0 spiro atoms.